The normalized spacial score (nSPS) is 11.1. The number of benzene rings is 1. The zero-order valence-electron chi connectivity index (χ0n) is 10.9. The van der Waals surface area contributed by atoms with E-state index in [1.165, 1.54) is 0 Å². The van der Waals surface area contributed by atoms with Gasteiger partial charge in [-0.05, 0) is 23.4 Å². The lowest BCUT2D eigenvalue weighted by Gasteiger charge is -2.08. The van der Waals surface area contributed by atoms with Crippen LogP contribution >= 0.6 is 11.6 Å². The van der Waals surface area contributed by atoms with Crippen LogP contribution in [0.1, 0.15) is 12.6 Å². The Hall–Kier alpha value is -1.87. The van der Waals surface area contributed by atoms with E-state index in [4.69, 9.17) is 11.6 Å². The van der Waals surface area contributed by atoms with Gasteiger partial charge in [-0.3, -0.25) is 4.68 Å². The van der Waals surface area contributed by atoms with Gasteiger partial charge in [0.25, 0.3) is 0 Å². The number of fused-ring (bicyclic) bond motifs is 1. The number of pyridine rings is 1. The van der Waals surface area contributed by atoms with E-state index in [1.54, 1.807) is 4.68 Å². The molecule has 0 unspecified atom stereocenters. The molecule has 0 aliphatic carbocycles. The zero-order chi connectivity index (χ0) is 13.4. The molecule has 0 saturated heterocycles. The molecule has 0 N–H and O–H groups in total. The number of aryl methyl sites for hydroxylation is 2. The maximum absolute atomic E-state index is 6.36. The molecule has 2 aromatic heterocycles. The van der Waals surface area contributed by atoms with Gasteiger partial charge in [0.15, 0.2) is 0 Å². The fourth-order valence-electron chi connectivity index (χ4n) is 2.30. The van der Waals surface area contributed by atoms with E-state index in [-0.39, 0.29) is 0 Å². The van der Waals surface area contributed by atoms with Crippen LogP contribution in [-0.2, 0) is 13.5 Å². The minimum absolute atomic E-state index is 0.564. The molecule has 0 aliphatic rings. The summed E-state index contributed by atoms with van der Waals surface area (Å²) in [6.07, 6.45) is 4.71. The van der Waals surface area contributed by atoms with Crippen molar-refractivity contribution in [3.8, 4) is 11.1 Å². The summed E-state index contributed by atoms with van der Waals surface area (Å²) in [5, 5.41) is 6.90. The first-order valence-corrected chi connectivity index (χ1v) is 6.64. The minimum atomic E-state index is 0.564. The van der Waals surface area contributed by atoms with E-state index in [0.717, 1.165) is 34.0 Å². The molecule has 2 heterocycles. The van der Waals surface area contributed by atoms with Crippen molar-refractivity contribution in [1.82, 2.24) is 14.8 Å². The molecule has 0 aliphatic heterocycles. The molecule has 3 rings (SSSR count). The van der Waals surface area contributed by atoms with E-state index in [9.17, 15) is 0 Å². The van der Waals surface area contributed by atoms with E-state index >= 15 is 0 Å². The van der Waals surface area contributed by atoms with Crippen molar-refractivity contribution >= 4 is 22.4 Å². The van der Waals surface area contributed by atoms with Crippen LogP contribution in [0.2, 0.25) is 5.15 Å². The topological polar surface area (TPSA) is 30.7 Å². The Balaban J connectivity index is 2.32. The third kappa shape index (κ3) is 2.10. The second-order valence-electron chi connectivity index (χ2n) is 4.56. The van der Waals surface area contributed by atoms with Gasteiger partial charge < -0.3 is 0 Å². The summed E-state index contributed by atoms with van der Waals surface area (Å²) < 4.78 is 1.79. The molecule has 3 nitrogen and oxygen atoms in total. The zero-order valence-corrected chi connectivity index (χ0v) is 11.6. The van der Waals surface area contributed by atoms with Crippen LogP contribution in [0.3, 0.4) is 0 Å². The maximum Gasteiger partial charge on any atom is 0.137 e. The quantitative estimate of drug-likeness (QED) is 0.663. The third-order valence-electron chi connectivity index (χ3n) is 3.24. The van der Waals surface area contributed by atoms with Crippen LogP contribution in [0.15, 0.2) is 36.7 Å². The van der Waals surface area contributed by atoms with Gasteiger partial charge in [-0.1, -0.05) is 36.7 Å². The summed E-state index contributed by atoms with van der Waals surface area (Å²) in [7, 11) is 1.91. The Kier molecular flexibility index (Phi) is 2.99. The summed E-state index contributed by atoms with van der Waals surface area (Å²) in [5.41, 5.74) is 3.15. The van der Waals surface area contributed by atoms with E-state index in [0.29, 0.717) is 5.15 Å². The van der Waals surface area contributed by atoms with Crippen molar-refractivity contribution in [2.24, 2.45) is 7.05 Å². The van der Waals surface area contributed by atoms with Gasteiger partial charge in [0.2, 0.25) is 0 Å². The lowest BCUT2D eigenvalue weighted by Crippen LogP contribution is -1.90. The molecule has 0 atom stereocenters. The molecule has 0 amide bonds. The lowest BCUT2D eigenvalue weighted by molar-refractivity contribution is 0.768. The first-order valence-electron chi connectivity index (χ1n) is 6.26. The van der Waals surface area contributed by atoms with Gasteiger partial charge in [0.1, 0.15) is 5.15 Å². The predicted octanol–water partition coefficient (Wildman–Crippen LogP) is 3.85. The number of nitrogens with zero attached hydrogens (tertiary/aromatic N) is 3. The van der Waals surface area contributed by atoms with Crippen molar-refractivity contribution in [2.45, 2.75) is 13.3 Å². The van der Waals surface area contributed by atoms with Gasteiger partial charge in [-0.25, -0.2) is 4.98 Å². The summed E-state index contributed by atoms with van der Waals surface area (Å²) >= 11 is 6.36. The highest BCUT2D eigenvalue weighted by molar-refractivity contribution is 6.35. The van der Waals surface area contributed by atoms with E-state index in [1.807, 2.05) is 25.5 Å². The lowest BCUT2D eigenvalue weighted by atomic mass is 10.0. The Bertz CT molecular complexity index is 746. The van der Waals surface area contributed by atoms with Crippen LogP contribution < -0.4 is 0 Å². The van der Waals surface area contributed by atoms with Gasteiger partial charge in [0.05, 0.1) is 6.20 Å². The molecule has 0 saturated carbocycles. The largest absolute Gasteiger partial charge is 0.275 e. The number of hydrogen-bond donors (Lipinski definition) is 0. The Labute approximate surface area is 116 Å². The van der Waals surface area contributed by atoms with Crippen LogP contribution in [0, 0.1) is 0 Å². The minimum Gasteiger partial charge on any atom is -0.275 e. The molecule has 1 aromatic carbocycles. The van der Waals surface area contributed by atoms with Crippen molar-refractivity contribution in [1.29, 1.82) is 0 Å². The first-order chi connectivity index (χ1) is 9.19. The molecule has 19 heavy (non-hydrogen) atoms. The predicted molar refractivity (Wildman–Crippen MR) is 78.3 cm³/mol. The molecule has 0 fully saturated rings. The molecular weight excluding hydrogens is 258 g/mol. The number of hydrogen-bond acceptors (Lipinski definition) is 2. The van der Waals surface area contributed by atoms with Gasteiger partial charge >= 0.3 is 0 Å². The smallest absolute Gasteiger partial charge is 0.137 e. The van der Waals surface area contributed by atoms with Gasteiger partial charge in [-0.2, -0.15) is 5.10 Å². The fourth-order valence-corrected chi connectivity index (χ4v) is 2.62. The molecule has 0 bridgehead atoms. The van der Waals surface area contributed by atoms with E-state index < -0.39 is 0 Å². The highest BCUT2D eigenvalue weighted by atomic mass is 35.5. The second kappa shape index (κ2) is 4.67. The maximum atomic E-state index is 6.36. The van der Waals surface area contributed by atoms with Gasteiger partial charge in [-0.15, -0.1) is 0 Å². The summed E-state index contributed by atoms with van der Waals surface area (Å²) in [4.78, 5) is 4.45. The van der Waals surface area contributed by atoms with Crippen molar-refractivity contribution < 1.29 is 0 Å². The number of halogens is 1. The van der Waals surface area contributed by atoms with Crippen LogP contribution in [0.25, 0.3) is 21.9 Å². The molecule has 0 radical (unpaired) electrons. The Morgan fingerprint density at radius 1 is 1.32 bits per heavy atom. The average molecular weight is 272 g/mol. The molecule has 96 valence electrons. The Morgan fingerprint density at radius 3 is 2.84 bits per heavy atom. The third-order valence-corrected chi connectivity index (χ3v) is 3.52. The van der Waals surface area contributed by atoms with Crippen LogP contribution in [0.4, 0.5) is 0 Å². The van der Waals surface area contributed by atoms with Crippen molar-refractivity contribution in [3.05, 3.63) is 47.5 Å². The molecular formula is C15H14ClN3. The standard InChI is InChI=1S/C15H14ClN3/c1-3-12-7-10-5-4-6-13(14(10)15(16)18-12)11-8-17-19(2)9-11/h4-9H,3H2,1-2H3. The average Bonchev–Trinajstić information content (AvgIpc) is 2.84. The van der Waals surface area contributed by atoms with Crippen LogP contribution in [-0.4, -0.2) is 14.8 Å². The highest BCUT2D eigenvalue weighted by Gasteiger charge is 2.10. The summed E-state index contributed by atoms with van der Waals surface area (Å²) in [5.74, 6) is 0. The second-order valence-corrected chi connectivity index (χ2v) is 4.92. The SMILES string of the molecule is CCc1cc2cccc(-c3cnn(C)c3)c2c(Cl)n1. The molecule has 4 heteroatoms. The highest BCUT2D eigenvalue weighted by Crippen LogP contribution is 2.33. The molecule has 3 aromatic rings. The van der Waals surface area contributed by atoms with E-state index in [2.05, 4.69) is 35.2 Å². The molecule has 0 spiro atoms. The van der Waals surface area contributed by atoms with Crippen LogP contribution in [0.5, 0.6) is 0 Å². The Morgan fingerprint density at radius 2 is 2.16 bits per heavy atom. The monoisotopic (exact) mass is 271 g/mol. The number of aromatic nitrogens is 3. The van der Waals surface area contributed by atoms with Crippen molar-refractivity contribution in [3.63, 3.8) is 0 Å². The van der Waals surface area contributed by atoms with Crippen molar-refractivity contribution in [2.75, 3.05) is 0 Å². The summed E-state index contributed by atoms with van der Waals surface area (Å²) in [6.45, 7) is 2.08. The number of rotatable bonds is 2. The first kappa shape index (κ1) is 12.2. The summed E-state index contributed by atoms with van der Waals surface area (Å²) in [6, 6.07) is 8.27. The fraction of sp³-hybridized carbons (Fsp3) is 0.200. The van der Waals surface area contributed by atoms with Gasteiger partial charge in [0, 0.05) is 29.9 Å².